The number of aliphatic hydroxyl groups excluding tert-OH is 2. The van der Waals surface area contributed by atoms with Gasteiger partial charge in [-0.15, -0.1) is 0 Å². The van der Waals surface area contributed by atoms with Crippen molar-refractivity contribution >= 4 is 67.9 Å². The van der Waals surface area contributed by atoms with Gasteiger partial charge in [-0.05, 0) is 44.2 Å². The molecular weight excluding hydrogens is 958 g/mol. The highest BCUT2D eigenvalue weighted by molar-refractivity contribution is 9.10. The zero-order valence-corrected chi connectivity index (χ0v) is 41.7. The van der Waals surface area contributed by atoms with Gasteiger partial charge in [0.25, 0.3) is 17.6 Å². The second-order valence-electron chi connectivity index (χ2n) is 18.2. The van der Waals surface area contributed by atoms with E-state index in [0.29, 0.717) is 26.2 Å². The Labute approximate surface area is 409 Å². The number of benzene rings is 3. The fourth-order valence-electron chi connectivity index (χ4n) is 9.10. The number of allylic oxidation sites excluding steroid dienone is 2. The van der Waals surface area contributed by atoms with Crippen LogP contribution in [0, 0.1) is 30.6 Å². The van der Waals surface area contributed by atoms with Crippen LogP contribution in [0.1, 0.15) is 70.0 Å². The number of fused-ring (bicyclic) bond motifs is 14. The molecule has 5 bridgehead atoms. The van der Waals surface area contributed by atoms with E-state index in [-0.39, 0.29) is 39.9 Å². The third kappa shape index (κ3) is 11.1. The van der Waals surface area contributed by atoms with E-state index in [0.717, 1.165) is 16.4 Å². The first-order valence-electron chi connectivity index (χ1n) is 22.7. The van der Waals surface area contributed by atoms with Crippen LogP contribution >= 0.6 is 15.9 Å². The molecule has 18 nitrogen and oxygen atoms in total. The first kappa shape index (κ1) is 52.4. The molecule has 1 saturated heterocycles. The second-order valence-corrected chi connectivity index (χ2v) is 19.1. The Balaban J connectivity index is 1.40. The summed E-state index contributed by atoms with van der Waals surface area (Å²) in [6, 6.07) is 7.97. The zero-order chi connectivity index (χ0) is 50.6. The molecule has 4 heterocycles. The minimum absolute atomic E-state index is 0.00193. The maximum atomic E-state index is 14.5. The van der Waals surface area contributed by atoms with Gasteiger partial charge in [-0.3, -0.25) is 24.1 Å². The van der Waals surface area contributed by atoms with Gasteiger partial charge in [0.2, 0.25) is 0 Å². The number of esters is 1. The van der Waals surface area contributed by atoms with Gasteiger partial charge in [-0.1, -0.05) is 61.9 Å². The SMILES string of the molecule is CO[C@H]1/C=C/O[C@@]2(C)Oc3c(C)c(O)c4c(O)c(c(/C=N/NC(=O)CN5CCN(c6ccc(Br)cc6)CC5)c(O)c4c3C2=O)NC(=O)/C(C)=C\C=C\[C@H](C)[C@H](O)[C@@H](C)[C@@H](O)[C@@H](C)[C@H](OC(C)=O)[C@@H]1C. The number of rotatable bonds is 7. The van der Waals surface area contributed by atoms with Crippen molar-refractivity contribution in [1.29, 1.82) is 0 Å². The van der Waals surface area contributed by atoms with Crippen molar-refractivity contribution in [3.63, 3.8) is 0 Å². The number of methoxy groups -OCH3 is 1. The number of halogens is 1. The molecule has 9 atom stereocenters. The lowest BCUT2D eigenvalue weighted by molar-refractivity contribution is -0.160. The molecule has 0 unspecified atom stereocenters. The number of phenolic OH excluding ortho intramolecular Hbond substituents is 3. The maximum Gasteiger partial charge on any atom is 0.312 e. The Kier molecular flexibility index (Phi) is 16.5. The highest BCUT2D eigenvalue weighted by Crippen LogP contribution is 2.55. The lowest BCUT2D eigenvalue weighted by atomic mass is 9.78. The third-order valence-electron chi connectivity index (χ3n) is 13.3. The minimum atomic E-state index is -2.11. The molecule has 3 aromatic carbocycles. The number of anilines is 2. The monoisotopic (exact) mass is 1020 g/mol. The molecule has 1 fully saturated rings. The largest absolute Gasteiger partial charge is 0.507 e. The summed E-state index contributed by atoms with van der Waals surface area (Å²) in [7, 11) is 1.42. The zero-order valence-electron chi connectivity index (χ0n) is 40.1. The molecule has 372 valence electrons. The summed E-state index contributed by atoms with van der Waals surface area (Å²) in [5.41, 5.74) is 2.61. The average molecular weight is 1020 g/mol. The number of ketones is 1. The number of piperazine rings is 1. The number of aromatic hydroxyl groups is 3. The maximum absolute atomic E-state index is 14.5. The summed E-state index contributed by atoms with van der Waals surface area (Å²) in [6.45, 7) is 14.9. The number of amides is 2. The topological polar surface area (TPSA) is 249 Å². The van der Waals surface area contributed by atoms with Crippen molar-refractivity contribution in [2.75, 3.05) is 50.1 Å². The summed E-state index contributed by atoms with van der Waals surface area (Å²) < 4.78 is 24.6. The standard InChI is InChI=1S/C50H62BrN5O13/c1-25-11-10-12-26(2)49(65)53-40-34(23-52-54-36(58)24-55-18-20-56(21-19-55)33-15-13-32(51)14-16-33)44(62)37-38(45(40)63)43(61)30(6)47-39(37)48(64)50(8,69-47)67-22-17-35(66-9)27(3)46(68-31(7)57)29(5)42(60)28(4)41(25)59/h10-17,22-23,25,27-29,35,41-42,46,59-63H,18-21,24H2,1-9H3,(H,53,65)(H,54,58)/b11-10+,22-17+,26-12-,52-23+/t25-,27+,28+,29+,35-,41-,42+,46+,50-/m0/s1. The van der Waals surface area contributed by atoms with Crippen molar-refractivity contribution in [3.8, 4) is 23.0 Å². The van der Waals surface area contributed by atoms with Crippen LogP contribution in [0.25, 0.3) is 10.8 Å². The first-order chi connectivity index (χ1) is 32.6. The fraction of sp³-hybridized carbons (Fsp3) is 0.460. The molecular formula is C50H62BrN5O13. The highest BCUT2D eigenvalue weighted by Gasteiger charge is 2.50. The summed E-state index contributed by atoms with van der Waals surface area (Å²) in [4.78, 5) is 58.2. The fourth-order valence-corrected chi connectivity index (χ4v) is 9.36. The van der Waals surface area contributed by atoms with Gasteiger partial charge in [0, 0.05) is 97.5 Å². The molecule has 4 aliphatic heterocycles. The normalized spacial score (nSPS) is 29.0. The van der Waals surface area contributed by atoms with Gasteiger partial charge >= 0.3 is 11.8 Å². The van der Waals surface area contributed by atoms with Crippen molar-refractivity contribution in [3.05, 3.63) is 81.6 Å². The Morgan fingerprint density at radius 1 is 0.942 bits per heavy atom. The van der Waals surface area contributed by atoms with E-state index in [9.17, 15) is 44.7 Å². The molecule has 7 rings (SSSR count). The van der Waals surface area contributed by atoms with Crippen molar-refractivity contribution in [1.82, 2.24) is 10.3 Å². The number of hydrazone groups is 1. The molecule has 7 N–H and O–H groups in total. The molecule has 19 heteroatoms. The molecule has 3 aromatic rings. The van der Waals surface area contributed by atoms with E-state index in [2.05, 4.69) is 36.7 Å². The van der Waals surface area contributed by atoms with Crippen LogP contribution in [0.15, 0.2) is 70.0 Å². The number of Topliss-reactive ketones (excluding diaryl/α,β-unsaturated/α-hetero) is 1. The van der Waals surface area contributed by atoms with E-state index in [1.165, 1.54) is 53.2 Å². The number of phenols is 3. The van der Waals surface area contributed by atoms with Crippen molar-refractivity contribution < 1.29 is 63.7 Å². The molecule has 2 amide bonds. The average Bonchev–Trinajstić information content (AvgIpc) is 3.58. The number of carbonyl (C=O) groups is 4. The number of carbonyl (C=O) groups excluding carboxylic acids is 4. The summed E-state index contributed by atoms with van der Waals surface area (Å²) >= 11 is 3.46. The van der Waals surface area contributed by atoms with Crippen LogP contribution in [-0.2, 0) is 28.6 Å². The summed E-state index contributed by atoms with van der Waals surface area (Å²) in [5, 5.41) is 64.7. The van der Waals surface area contributed by atoms with E-state index in [1.54, 1.807) is 39.8 Å². The minimum Gasteiger partial charge on any atom is -0.507 e. The smallest absolute Gasteiger partial charge is 0.312 e. The molecule has 0 spiro atoms. The number of nitrogens with one attached hydrogen (secondary N) is 2. The molecule has 0 radical (unpaired) electrons. The van der Waals surface area contributed by atoms with Gasteiger partial charge < -0.3 is 54.7 Å². The molecule has 69 heavy (non-hydrogen) atoms. The van der Waals surface area contributed by atoms with E-state index < -0.39 is 106 Å². The number of aliphatic hydroxyl groups is 2. The van der Waals surface area contributed by atoms with E-state index in [4.69, 9.17) is 18.9 Å². The number of ether oxygens (including phenoxy) is 4. The van der Waals surface area contributed by atoms with Crippen molar-refractivity contribution in [2.45, 2.75) is 85.6 Å². The van der Waals surface area contributed by atoms with Crippen LogP contribution in [-0.4, -0.2) is 130 Å². The lowest BCUT2D eigenvalue weighted by Gasteiger charge is -2.38. The molecule has 0 saturated carbocycles. The first-order valence-corrected chi connectivity index (χ1v) is 23.5. The molecule has 0 aromatic heterocycles. The second kappa shape index (κ2) is 21.8. The Bertz CT molecular complexity index is 2570. The Hall–Kier alpha value is -5.99. The predicted octanol–water partition coefficient (Wildman–Crippen LogP) is 5.79. The number of hydrogen-bond donors (Lipinski definition) is 7. The predicted molar refractivity (Wildman–Crippen MR) is 262 cm³/mol. The van der Waals surface area contributed by atoms with Crippen LogP contribution < -0.4 is 20.4 Å². The van der Waals surface area contributed by atoms with Gasteiger partial charge in [0.1, 0.15) is 23.4 Å². The van der Waals surface area contributed by atoms with Gasteiger partial charge in [0.05, 0.1) is 59.5 Å². The van der Waals surface area contributed by atoms with E-state index >= 15 is 0 Å². The lowest BCUT2D eigenvalue weighted by Crippen LogP contribution is -2.49. The van der Waals surface area contributed by atoms with Gasteiger partial charge in [0.15, 0.2) is 5.75 Å². The quantitative estimate of drug-likeness (QED) is 0.0487. The van der Waals surface area contributed by atoms with Crippen LogP contribution in [0.4, 0.5) is 11.4 Å². The summed E-state index contributed by atoms with van der Waals surface area (Å²) in [6.07, 6.45) is 4.26. The molecule has 0 aliphatic carbocycles. The van der Waals surface area contributed by atoms with E-state index in [1.807, 2.05) is 29.2 Å². The Morgan fingerprint density at radius 2 is 1.61 bits per heavy atom. The van der Waals surface area contributed by atoms with Crippen LogP contribution in [0.2, 0.25) is 0 Å². The van der Waals surface area contributed by atoms with Gasteiger partial charge in [-0.25, -0.2) is 5.43 Å². The van der Waals surface area contributed by atoms with Crippen molar-refractivity contribution in [2.24, 2.45) is 28.8 Å². The van der Waals surface area contributed by atoms with Crippen LogP contribution in [0.5, 0.6) is 23.0 Å². The highest BCUT2D eigenvalue weighted by atomic mass is 79.9. The number of nitrogens with zero attached hydrogens (tertiary/aromatic N) is 3. The van der Waals surface area contributed by atoms with Crippen LogP contribution in [0.3, 0.4) is 0 Å². The number of hydrogen-bond acceptors (Lipinski definition) is 16. The Morgan fingerprint density at radius 3 is 2.25 bits per heavy atom. The van der Waals surface area contributed by atoms with Gasteiger partial charge in [-0.2, -0.15) is 5.10 Å². The third-order valence-corrected chi connectivity index (χ3v) is 13.9. The summed E-state index contributed by atoms with van der Waals surface area (Å²) in [5.74, 6) is -9.61. The molecule has 4 aliphatic rings.